The Morgan fingerprint density at radius 1 is 1.00 bits per heavy atom. The highest BCUT2D eigenvalue weighted by Crippen LogP contribution is 2.31. The highest BCUT2D eigenvalue weighted by atomic mass is 32.2. The minimum absolute atomic E-state index is 0.0375. The van der Waals surface area contributed by atoms with E-state index in [1.54, 1.807) is 22.8 Å². The predicted molar refractivity (Wildman–Crippen MR) is 127 cm³/mol. The van der Waals surface area contributed by atoms with Crippen molar-refractivity contribution in [1.29, 1.82) is 0 Å². The number of nitrogen functional groups attached to an aromatic ring is 1. The van der Waals surface area contributed by atoms with E-state index in [0.717, 1.165) is 25.7 Å². The van der Waals surface area contributed by atoms with Crippen molar-refractivity contribution in [2.45, 2.75) is 37.5 Å². The number of primary sulfonamides is 1. The average Bonchev–Trinajstić information content (AvgIpc) is 3.07. The summed E-state index contributed by atoms with van der Waals surface area (Å²) in [5, 5.41) is 5.21. The van der Waals surface area contributed by atoms with E-state index in [1.807, 2.05) is 18.2 Å². The molecule has 0 saturated carbocycles. The second-order valence-electron chi connectivity index (χ2n) is 7.72. The molecule has 172 valence electrons. The smallest absolute Gasteiger partial charge is 0.344 e. The summed E-state index contributed by atoms with van der Waals surface area (Å²) in [6.07, 6.45) is 3.90. The molecule has 2 aromatic heterocycles. The van der Waals surface area contributed by atoms with Gasteiger partial charge < -0.3 is 10.5 Å². The zero-order valence-corrected chi connectivity index (χ0v) is 19.0. The Hall–Kier alpha value is -3.50. The van der Waals surface area contributed by atoms with E-state index in [2.05, 4.69) is 16.9 Å². The van der Waals surface area contributed by atoms with E-state index in [9.17, 15) is 13.2 Å². The fraction of sp³-hybridized carbons (Fsp3) is 0.261. The fourth-order valence-corrected chi connectivity index (χ4v) is 4.19. The second kappa shape index (κ2) is 9.16. The van der Waals surface area contributed by atoms with E-state index in [4.69, 9.17) is 15.6 Å². The quantitative estimate of drug-likeness (QED) is 0.298. The molecular weight excluding hydrogens is 442 g/mol. The number of nitrogens with zero attached hydrogens (tertiary/aromatic N) is 3. The summed E-state index contributed by atoms with van der Waals surface area (Å²) in [7, 11) is -3.85. The number of rotatable bonds is 8. The van der Waals surface area contributed by atoms with Crippen molar-refractivity contribution in [3.8, 4) is 5.69 Å². The maximum atomic E-state index is 13.0. The molecule has 33 heavy (non-hydrogen) atoms. The van der Waals surface area contributed by atoms with E-state index in [-0.39, 0.29) is 22.9 Å². The summed E-state index contributed by atoms with van der Waals surface area (Å²) in [5.41, 5.74) is 9.00. The van der Waals surface area contributed by atoms with E-state index in [1.165, 1.54) is 12.1 Å². The third kappa shape index (κ3) is 4.53. The van der Waals surface area contributed by atoms with Crippen LogP contribution in [0.2, 0.25) is 0 Å². The molecule has 0 amide bonds. The summed E-state index contributed by atoms with van der Waals surface area (Å²) in [6, 6.07) is 13.1. The Bertz CT molecular complexity index is 1430. The Kier molecular flexibility index (Phi) is 6.30. The van der Waals surface area contributed by atoms with Crippen LogP contribution < -0.4 is 10.9 Å². The number of benzene rings is 2. The molecule has 0 spiro atoms. The molecule has 0 atom stereocenters. The number of unbranched alkanes of at least 4 members (excludes halogenated alkanes) is 3. The van der Waals surface area contributed by atoms with Crippen LogP contribution in [0.25, 0.3) is 27.9 Å². The van der Waals surface area contributed by atoms with Gasteiger partial charge in [0.15, 0.2) is 5.65 Å². The van der Waals surface area contributed by atoms with Gasteiger partial charge in [0.25, 0.3) is 0 Å². The molecule has 2 aromatic carbocycles. The van der Waals surface area contributed by atoms with Gasteiger partial charge in [-0.15, -0.1) is 0 Å². The maximum Gasteiger partial charge on any atom is 0.344 e. The topological polar surface area (TPSA) is 143 Å². The minimum atomic E-state index is -3.85. The number of carbonyl (C=O) groups is 1. The van der Waals surface area contributed by atoms with Crippen molar-refractivity contribution >= 4 is 44.0 Å². The molecular formula is C23H25N5O4S. The lowest BCUT2D eigenvalue weighted by atomic mass is 10.2. The number of esters is 1. The van der Waals surface area contributed by atoms with Gasteiger partial charge in [-0.1, -0.05) is 38.3 Å². The van der Waals surface area contributed by atoms with E-state index >= 15 is 0 Å². The summed E-state index contributed by atoms with van der Waals surface area (Å²) < 4.78 is 30.3. The second-order valence-corrected chi connectivity index (χ2v) is 9.28. The Morgan fingerprint density at radius 2 is 1.67 bits per heavy atom. The monoisotopic (exact) mass is 467 g/mol. The van der Waals surface area contributed by atoms with Gasteiger partial charge in [0.05, 0.1) is 22.5 Å². The Labute approximate surface area is 191 Å². The van der Waals surface area contributed by atoms with Gasteiger partial charge in [-0.2, -0.15) is 0 Å². The summed E-state index contributed by atoms with van der Waals surface area (Å²) in [5.74, 6) is -0.458. The van der Waals surface area contributed by atoms with E-state index < -0.39 is 16.0 Å². The molecule has 0 bridgehead atoms. The summed E-state index contributed by atoms with van der Waals surface area (Å²) >= 11 is 0. The van der Waals surface area contributed by atoms with Crippen LogP contribution in [0.1, 0.15) is 43.0 Å². The van der Waals surface area contributed by atoms with Gasteiger partial charge in [0.2, 0.25) is 10.0 Å². The van der Waals surface area contributed by atoms with Crippen molar-refractivity contribution < 1.29 is 17.9 Å². The van der Waals surface area contributed by atoms with Crippen LogP contribution >= 0.6 is 0 Å². The lowest BCUT2D eigenvalue weighted by Crippen LogP contribution is -2.12. The van der Waals surface area contributed by atoms with Crippen LogP contribution in [0.4, 0.5) is 5.82 Å². The predicted octanol–water partition coefficient (Wildman–Crippen LogP) is 3.54. The number of anilines is 1. The van der Waals surface area contributed by atoms with Crippen LogP contribution in [-0.4, -0.2) is 35.5 Å². The Balaban J connectivity index is 1.83. The molecule has 0 saturated heterocycles. The first-order valence-corrected chi connectivity index (χ1v) is 12.2. The first kappa shape index (κ1) is 22.7. The lowest BCUT2D eigenvalue weighted by Gasteiger charge is -2.09. The van der Waals surface area contributed by atoms with Gasteiger partial charge in [0, 0.05) is 5.69 Å². The van der Waals surface area contributed by atoms with Crippen molar-refractivity contribution in [3.63, 3.8) is 0 Å². The molecule has 0 fully saturated rings. The number of nitrogens with two attached hydrogens (primary N) is 2. The van der Waals surface area contributed by atoms with Gasteiger partial charge in [0.1, 0.15) is 16.9 Å². The highest BCUT2D eigenvalue weighted by Gasteiger charge is 2.26. The molecule has 10 heteroatoms. The van der Waals surface area contributed by atoms with Crippen molar-refractivity contribution in [2.24, 2.45) is 5.14 Å². The molecule has 0 aliphatic heterocycles. The Morgan fingerprint density at radius 3 is 2.30 bits per heavy atom. The van der Waals surface area contributed by atoms with Crippen molar-refractivity contribution in [3.05, 3.63) is 54.1 Å². The molecule has 9 nitrogen and oxygen atoms in total. The van der Waals surface area contributed by atoms with Crippen LogP contribution in [0.15, 0.2) is 53.4 Å². The lowest BCUT2D eigenvalue weighted by molar-refractivity contribution is 0.0501. The normalized spacial score (nSPS) is 11.8. The average molecular weight is 468 g/mol. The molecule has 4 N–H and O–H groups in total. The van der Waals surface area contributed by atoms with E-state index in [0.29, 0.717) is 27.9 Å². The number of hydrogen-bond acceptors (Lipinski definition) is 7. The van der Waals surface area contributed by atoms with Gasteiger partial charge in [-0.25, -0.2) is 28.3 Å². The minimum Gasteiger partial charge on any atom is -0.462 e. The number of fused-ring (bicyclic) bond motifs is 2. The SMILES string of the molecule is CCCCCCOC(=O)c1c(N)n(-c2ccc(S(N)(=O)=O)cc2)c2nc3ccccc3nc12. The maximum absolute atomic E-state index is 13.0. The molecule has 4 rings (SSSR count). The number of sulfonamides is 1. The number of aromatic nitrogens is 3. The van der Waals surface area contributed by atoms with Gasteiger partial charge >= 0.3 is 5.97 Å². The first-order chi connectivity index (χ1) is 15.8. The van der Waals surface area contributed by atoms with Crippen LogP contribution in [-0.2, 0) is 14.8 Å². The fourth-order valence-electron chi connectivity index (χ4n) is 3.67. The molecule has 0 aliphatic carbocycles. The van der Waals surface area contributed by atoms with Crippen LogP contribution in [0, 0.1) is 0 Å². The third-order valence-corrected chi connectivity index (χ3v) is 6.29. The molecule has 0 unspecified atom stereocenters. The number of carbonyl (C=O) groups excluding carboxylic acids is 1. The number of para-hydroxylation sites is 2. The zero-order chi connectivity index (χ0) is 23.6. The number of hydrogen-bond donors (Lipinski definition) is 2. The molecule has 0 aliphatic rings. The molecule has 0 radical (unpaired) electrons. The van der Waals surface area contributed by atoms with Crippen LogP contribution in [0.5, 0.6) is 0 Å². The van der Waals surface area contributed by atoms with Gasteiger partial charge in [-0.3, -0.25) is 4.57 Å². The van der Waals surface area contributed by atoms with Crippen LogP contribution in [0.3, 0.4) is 0 Å². The summed E-state index contributed by atoms with van der Waals surface area (Å²) in [4.78, 5) is 22.3. The van der Waals surface area contributed by atoms with Crippen molar-refractivity contribution in [1.82, 2.24) is 14.5 Å². The number of ether oxygens (including phenoxy) is 1. The molecule has 2 heterocycles. The van der Waals surface area contributed by atoms with Crippen molar-refractivity contribution in [2.75, 3.05) is 12.3 Å². The standard InChI is InChI=1S/C23H25N5O4S/c1-2-3-4-7-14-32-23(29)19-20-22(27-18-9-6-5-8-17(18)26-20)28(21(19)24)15-10-12-16(13-11-15)33(25,30)31/h5-6,8-13H,2-4,7,14,24H2,1H3,(H2,25,30,31). The van der Waals surface area contributed by atoms with Gasteiger partial charge in [-0.05, 0) is 42.8 Å². The summed E-state index contributed by atoms with van der Waals surface area (Å²) in [6.45, 7) is 2.40. The molecule has 4 aromatic rings. The highest BCUT2D eigenvalue weighted by molar-refractivity contribution is 7.89. The largest absolute Gasteiger partial charge is 0.462 e. The third-order valence-electron chi connectivity index (χ3n) is 5.36. The first-order valence-electron chi connectivity index (χ1n) is 10.7. The zero-order valence-electron chi connectivity index (χ0n) is 18.2.